The highest BCUT2D eigenvalue weighted by atomic mass is 16.5. The molecule has 1 aliphatic rings. The second kappa shape index (κ2) is 6.75. The fourth-order valence-corrected chi connectivity index (χ4v) is 2.39. The Kier molecular flexibility index (Phi) is 5.01. The molecule has 110 valence electrons. The molecule has 1 heterocycles. The maximum atomic E-state index is 11.9. The van der Waals surface area contributed by atoms with Crippen molar-refractivity contribution in [2.24, 2.45) is 5.73 Å². The molecule has 0 spiro atoms. The predicted octanol–water partition coefficient (Wildman–Crippen LogP) is 2.02. The Balaban J connectivity index is 1.68. The summed E-state index contributed by atoms with van der Waals surface area (Å²) >= 11 is 0. The van der Waals surface area contributed by atoms with Gasteiger partial charge in [-0.2, -0.15) is 0 Å². The molecule has 1 unspecified atom stereocenters. The number of hydrogen-bond donors (Lipinski definition) is 1. The summed E-state index contributed by atoms with van der Waals surface area (Å²) in [6, 6.07) is 6.23. The van der Waals surface area contributed by atoms with Crippen molar-refractivity contribution < 1.29 is 9.53 Å². The van der Waals surface area contributed by atoms with Crippen LogP contribution in [0.15, 0.2) is 18.2 Å². The first-order valence-electron chi connectivity index (χ1n) is 7.29. The topological polar surface area (TPSA) is 55.6 Å². The SMILES string of the molecule is Cc1ccc(OCCCC(=O)N2CCC(N)C2)cc1C. The van der Waals surface area contributed by atoms with E-state index in [1.807, 2.05) is 17.0 Å². The summed E-state index contributed by atoms with van der Waals surface area (Å²) in [4.78, 5) is 13.8. The number of carbonyl (C=O) groups excluding carboxylic acids is 1. The van der Waals surface area contributed by atoms with E-state index in [1.165, 1.54) is 11.1 Å². The zero-order chi connectivity index (χ0) is 14.5. The second-order valence-electron chi connectivity index (χ2n) is 5.59. The fraction of sp³-hybridized carbons (Fsp3) is 0.562. The van der Waals surface area contributed by atoms with Gasteiger partial charge in [-0.15, -0.1) is 0 Å². The van der Waals surface area contributed by atoms with Gasteiger partial charge in [-0.25, -0.2) is 0 Å². The molecule has 1 amide bonds. The zero-order valence-corrected chi connectivity index (χ0v) is 12.4. The number of carbonyl (C=O) groups is 1. The number of hydrogen-bond acceptors (Lipinski definition) is 3. The highest BCUT2D eigenvalue weighted by Crippen LogP contribution is 2.17. The largest absolute Gasteiger partial charge is 0.494 e. The Labute approximate surface area is 120 Å². The van der Waals surface area contributed by atoms with E-state index in [0.717, 1.165) is 25.1 Å². The Morgan fingerprint density at radius 2 is 2.20 bits per heavy atom. The molecule has 1 aromatic rings. The van der Waals surface area contributed by atoms with Crippen molar-refractivity contribution >= 4 is 5.91 Å². The summed E-state index contributed by atoms with van der Waals surface area (Å²) < 4.78 is 5.68. The van der Waals surface area contributed by atoms with Gasteiger partial charge in [0.1, 0.15) is 5.75 Å². The van der Waals surface area contributed by atoms with Gasteiger partial charge < -0.3 is 15.4 Å². The Hall–Kier alpha value is -1.55. The number of rotatable bonds is 5. The van der Waals surface area contributed by atoms with Gasteiger partial charge >= 0.3 is 0 Å². The summed E-state index contributed by atoms with van der Waals surface area (Å²) in [6.07, 6.45) is 2.21. The normalized spacial score (nSPS) is 18.4. The molecule has 1 fully saturated rings. The van der Waals surface area contributed by atoms with Crippen LogP contribution in [0.25, 0.3) is 0 Å². The van der Waals surface area contributed by atoms with Crippen LogP contribution in [0.1, 0.15) is 30.4 Å². The first-order chi connectivity index (χ1) is 9.56. The van der Waals surface area contributed by atoms with Crippen LogP contribution < -0.4 is 10.5 Å². The van der Waals surface area contributed by atoms with Crippen LogP contribution in [-0.2, 0) is 4.79 Å². The van der Waals surface area contributed by atoms with Crippen molar-refractivity contribution in [2.75, 3.05) is 19.7 Å². The molecule has 20 heavy (non-hydrogen) atoms. The molecule has 0 bridgehead atoms. The van der Waals surface area contributed by atoms with Crippen molar-refractivity contribution in [1.29, 1.82) is 0 Å². The number of amides is 1. The molecule has 4 nitrogen and oxygen atoms in total. The standard InChI is InChI=1S/C16H24N2O2/c1-12-5-6-15(10-13(12)2)20-9-3-4-16(19)18-8-7-14(17)11-18/h5-6,10,14H,3-4,7-9,11,17H2,1-2H3. The van der Waals surface area contributed by atoms with E-state index in [1.54, 1.807) is 0 Å². The smallest absolute Gasteiger partial charge is 0.222 e. The summed E-state index contributed by atoms with van der Waals surface area (Å²) in [5.74, 6) is 1.07. The van der Waals surface area contributed by atoms with Crippen LogP contribution >= 0.6 is 0 Å². The van der Waals surface area contributed by atoms with Crippen molar-refractivity contribution in [1.82, 2.24) is 4.90 Å². The van der Waals surface area contributed by atoms with Gasteiger partial charge in [0.05, 0.1) is 6.61 Å². The maximum absolute atomic E-state index is 11.9. The van der Waals surface area contributed by atoms with Gasteiger partial charge in [0, 0.05) is 25.6 Å². The molecule has 0 radical (unpaired) electrons. The molecule has 0 aliphatic carbocycles. The molecule has 1 aromatic carbocycles. The van der Waals surface area contributed by atoms with Crippen molar-refractivity contribution in [2.45, 2.75) is 39.2 Å². The highest BCUT2D eigenvalue weighted by Gasteiger charge is 2.22. The second-order valence-corrected chi connectivity index (χ2v) is 5.59. The van der Waals surface area contributed by atoms with Gasteiger partial charge in [-0.05, 0) is 49.9 Å². The van der Waals surface area contributed by atoms with Gasteiger partial charge in [0.2, 0.25) is 5.91 Å². The Morgan fingerprint density at radius 1 is 1.40 bits per heavy atom. The summed E-state index contributed by atoms with van der Waals surface area (Å²) in [7, 11) is 0. The first kappa shape index (κ1) is 14.9. The monoisotopic (exact) mass is 276 g/mol. The summed E-state index contributed by atoms with van der Waals surface area (Å²) in [5.41, 5.74) is 8.29. The third-order valence-electron chi connectivity index (χ3n) is 3.86. The minimum Gasteiger partial charge on any atom is -0.494 e. The van der Waals surface area contributed by atoms with Crippen LogP contribution in [0.5, 0.6) is 5.75 Å². The lowest BCUT2D eigenvalue weighted by atomic mass is 10.1. The molecule has 4 heteroatoms. The summed E-state index contributed by atoms with van der Waals surface area (Å²) in [6.45, 7) is 6.24. The molecule has 2 rings (SSSR count). The number of benzene rings is 1. The molecule has 2 N–H and O–H groups in total. The highest BCUT2D eigenvalue weighted by molar-refractivity contribution is 5.76. The lowest BCUT2D eigenvalue weighted by Gasteiger charge is -2.15. The number of nitrogens with two attached hydrogens (primary N) is 1. The van der Waals surface area contributed by atoms with E-state index in [9.17, 15) is 4.79 Å². The van der Waals surface area contributed by atoms with E-state index < -0.39 is 0 Å². The predicted molar refractivity (Wildman–Crippen MR) is 79.8 cm³/mol. The average molecular weight is 276 g/mol. The molecule has 0 saturated carbocycles. The quantitative estimate of drug-likeness (QED) is 0.837. The van der Waals surface area contributed by atoms with E-state index in [-0.39, 0.29) is 11.9 Å². The number of ether oxygens (including phenoxy) is 1. The van der Waals surface area contributed by atoms with Crippen LogP contribution in [0.3, 0.4) is 0 Å². The minimum atomic E-state index is 0.158. The third kappa shape index (κ3) is 3.97. The number of likely N-dealkylation sites (tertiary alicyclic amines) is 1. The summed E-state index contributed by atoms with van der Waals surface area (Å²) in [5, 5.41) is 0. The fourth-order valence-electron chi connectivity index (χ4n) is 2.39. The maximum Gasteiger partial charge on any atom is 0.222 e. The zero-order valence-electron chi connectivity index (χ0n) is 12.4. The van der Waals surface area contributed by atoms with Gasteiger partial charge in [-0.3, -0.25) is 4.79 Å². The number of aryl methyl sites for hydroxylation is 2. The van der Waals surface area contributed by atoms with Crippen molar-refractivity contribution in [3.8, 4) is 5.75 Å². The molecule has 1 atom stereocenters. The third-order valence-corrected chi connectivity index (χ3v) is 3.86. The van der Waals surface area contributed by atoms with Gasteiger partial charge in [0.25, 0.3) is 0 Å². The Morgan fingerprint density at radius 3 is 2.85 bits per heavy atom. The molecule has 0 aromatic heterocycles. The van der Waals surface area contributed by atoms with E-state index >= 15 is 0 Å². The molecular weight excluding hydrogens is 252 g/mol. The Bertz CT molecular complexity index is 474. The average Bonchev–Trinajstić information content (AvgIpc) is 2.85. The minimum absolute atomic E-state index is 0.158. The van der Waals surface area contributed by atoms with Crippen LogP contribution in [0, 0.1) is 13.8 Å². The van der Waals surface area contributed by atoms with Gasteiger partial charge in [0.15, 0.2) is 0 Å². The van der Waals surface area contributed by atoms with E-state index in [0.29, 0.717) is 19.6 Å². The van der Waals surface area contributed by atoms with Crippen LogP contribution in [0.4, 0.5) is 0 Å². The first-order valence-corrected chi connectivity index (χ1v) is 7.29. The van der Waals surface area contributed by atoms with Crippen LogP contribution in [-0.4, -0.2) is 36.5 Å². The number of nitrogens with zero attached hydrogens (tertiary/aromatic N) is 1. The van der Waals surface area contributed by atoms with Crippen molar-refractivity contribution in [3.63, 3.8) is 0 Å². The lowest BCUT2D eigenvalue weighted by molar-refractivity contribution is -0.130. The lowest BCUT2D eigenvalue weighted by Crippen LogP contribution is -2.31. The van der Waals surface area contributed by atoms with E-state index in [4.69, 9.17) is 10.5 Å². The van der Waals surface area contributed by atoms with Gasteiger partial charge in [-0.1, -0.05) is 6.07 Å². The van der Waals surface area contributed by atoms with Crippen molar-refractivity contribution in [3.05, 3.63) is 29.3 Å². The molecule has 1 saturated heterocycles. The van der Waals surface area contributed by atoms with Crippen LogP contribution in [0.2, 0.25) is 0 Å². The molecule has 1 aliphatic heterocycles. The molecular formula is C16H24N2O2. The van der Waals surface area contributed by atoms with E-state index in [2.05, 4.69) is 19.9 Å².